The minimum absolute atomic E-state index is 0.274. The van der Waals surface area contributed by atoms with Crippen molar-refractivity contribution in [3.05, 3.63) is 0 Å². The molecule has 5 nitrogen and oxygen atoms in total. The lowest BCUT2D eigenvalue weighted by molar-refractivity contribution is -0.117. The molecule has 0 N–H and O–H groups in total. The minimum atomic E-state index is -1.39. The summed E-state index contributed by atoms with van der Waals surface area (Å²) < 4.78 is 22.4. The molecule has 2 heterocycles. The first kappa shape index (κ1) is 16.4. The molecule has 0 aromatic rings. The number of rotatable bonds is 9. The van der Waals surface area contributed by atoms with Gasteiger partial charge in [-0.2, -0.15) is 0 Å². The monoisotopic (exact) mass is 303 g/mol. The molecule has 0 bridgehead atoms. The molecule has 2 atom stereocenters. The highest BCUT2D eigenvalue weighted by Crippen LogP contribution is 2.25. The Balaban J connectivity index is 1.72. The second-order valence-corrected chi connectivity index (χ2v) is 7.95. The molecule has 2 aliphatic heterocycles. The molecule has 0 saturated carbocycles. The smallest absolute Gasteiger partial charge is 0.320 e. The first-order valence-corrected chi connectivity index (χ1v) is 9.65. The van der Waals surface area contributed by atoms with Gasteiger partial charge in [0, 0.05) is 34.0 Å². The Bertz CT molecular complexity index is 238. The van der Waals surface area contributed by atoms with Crippen LogP contribution in [-0.2, 0) is 18.3 Å². The van der Waals surface area contributed by atoms with E-state index in [1.54, 1.807) is 14.2 Å². The van der Waals surface area contributed by atoms with Crippen LogP contribution in [0.2, 0.25) is 6.04 Å². The topological polar surface area (TPSA) is 40.2 Å². The third kappa shape index (κ3) is 4.79. The van der Waals surface area contributed by atoms with Crippen LogP contribution in [0.3, 0.4) is 0 Å². The molecule has 0 spiro atoms. The summed E-state index contributed by atoms with van der Waals surface area (Å²) in [6.07, 6.45) is 7.52. The molecular weight excluding hydrogens is 274 g/mol. The molecule has 0 amide bonds. The molecule has 2 unspecified atom stereocenters. The molecule has 2 aliphatic rings. The van der Waals surface area contributed by atoms with E-state index in [-0.39, 0.29) is 12.5 Å². The lowest BCUT2D eigenvalue weighted by Gasteiger charge is -2.32. The van der Waals surface area contributed by atoms with Crippen LogP contribution in [0, 0.1) is 0 Å². The van der Waals surface area contributed by atoms with E-state index < -0.39 is 9.28 Å². The Morgan fingerprint density at radius 2 is 1.60 bits per heavy atom. The molecule has 20 heavy (non-hydrogen) atoms. The van der Waals surface area contributed by atoms with E-state index in [0.717, 1.165) is 51.5 Å². The van der Waals surface area contributed by atoms with Crippen molar-refractivity contribution in [2.75, 3.05) is 34.0 Å². The normalized spacial score (nSPS) is 27.0. The highest BCUT2D eigenvalue weighted by Gasteiger charge is 2.31. The molecular formula is C14H29NO4Si. The van der Waals surface area contributed by atoms with Gasteiger partial charge in [0.1, 0.15) is 12.5 Å². The average molecular weight is 303 g/mol. The lowest BCUT2D eigenvalue weighted by atomic mass is 10.2. The van der Waals surface area contributed by atoms with Gasteiger partial charge < -0.3 is 18.3 Å². The van der Waals surface area contributed by atoms with Crippen LogP contribution >= 0.6 is 0 Å². The van der Waals surface area contributed by atoms with Crippen molar-refractivity contribution in [1.29, 1.82) is 0 Å². The predicted molar refractivity (Wildman–Crippen MR) is 79.9 cm³/mol. The van der Waals surface area contributed by atoms with E-state index in [4.69, 9.17) is 18.3 Å². The van der Waals surface area contributed by atoms with Crippen LogP contribution in [0.5, 0.6) is 0 Å². The van der Waals surface area contributed by atoms with Crippen molar-refractivity contribution < 1.29 is 18.3 Å². The fraction of sp³-hybridized carbons (Fsp3) is 1.00. The molecule has 2 rings (SSSR count). The van der Waals surface area contributed by atoms with Gasteiger partial charge in [0.05, 0.1) is 0 Å². The summed E-state index contributed by atoms with van der Waals surface area (Å²) in [5.41, 5.74) is 0. The van der Waals surface area contributed by atoms with Crippen molar-refractivity contribution in [1.82, 2.24) is 4.90 Å². The number of ether oxygens (including phenoxy) is 2. The van der Waals surface area contributed by atoms with E-state index in [1.165, 1.54) is 12.8 Å². The van der Waals surface area contributed by atoms with Crippen LogP contribution in [0.25, 0.3) is 0 Å². The van der Waals surface area contributed by atoms with Gasteiger partial charge in [0.15, 0.2) is 0 Å². The summed E-state index contributed by atoms with van der Waals surface area (Å²) in [7, 11) is 2.12. The first-order chi connectivity index (χ1) is 9.85. The van der Waals surface area contributed by atoms with Crippen molar-refractivity contribution >= 4 is 9.28 Å². The Morgan fingerprint density at radius 1 is 1.00 bits per heavy atom. The van der Waals surface area contributed by atoms with Gasteiger partial charge in [-0.1, -0.05) is 6.42 Å². The van der Waals surface area contributed by atoms with Crippen molar-refractivity contribution in [3.8, 4) is 0 Å². The summed E-state index contributed by atoms with van der Waals surface area (Å²) in [4.78, 5) is 2.44. The van der Waals surface area contributed by atoms with Gasteiger partial charge in [0.2, 0.25) is 0 Å². The summed E-state index contributed by atoms with van der Waals surface area (Å²) >= 11 is 0. The van der Waals surface area contributed by atoms with Crippen LogP contribution in [-0.4, -0.2) is 60.6 Å². The summed E-state index contributed by atoms with van der Waals surface area (Å²) in [6.45, 7) is 2.86. The highest BCUT2D eigenvalue weighted by atomic mass is 28.3. The molecule has 0 aromatic carbocycles. The van der Waals surface area contributed by atoms with Crippen LogP contribution < -0.4 is 0 Å². The maximum atomic E-state index is 5.85. The molecule has 6 heteroatoms. The number of hydrogen-bond acceptors (Lipinski definition) is 5. The van der Waals surface area contributed by atoms with Crippen LogP contribution in [0.4, 0.5) is 0 Å². The van der Waals surface area contributed by atoms with Gasteiger partial charge in [0.25, 0.3) is 0 Å². The molecule has 2 saturated heterocycles. The fourth-order valence-electron chi connectivity index (χ4n) is 3.06. The fourth-order valence-corrected chi connectivity index (χ4v) is 4.34. The van der Waals surface area contributed by atoms with Gasteiger partial charge in [-0.15, -0.1) is 0 Å². The van der Waals surface area contributed by atoms with Crippen LogP contribution in [0.15, 0.2) is 0 Å². The molecule has 2 fully saturated rings. The molecule has 0 aromatic heterocycles. The van der Waals surface area contributed by atoms with Crippen LogP contribution in [0.1, 0.15) is 38.5 Å². The second kappa shape index (κ2) is 9.12. The predicted octanol–water partition coefficient (Wildman–Crippen LogP) is 1.85. The number of nitrogens with zero attached hydrogens (tertiary/aromatic N) is 1. The summed E-state index contributed by atoms with van der Waals surface area (Å²) in [6, 6.07) is 1.08. The average Bonchev–Trinajstić information content (AvgIpc) is 3.16. The van der Waals surface area contributed by atoms with Crippen molar-refractivity contribution in [2.45, 2.75) is 57.0 Å². The van der Waals surface area contributed by atoms with Crippen molar-refractivity contribution in [2.24, 2.45) is 0 Å². The Hall–Kier alpha value is 0.0169. The Morgan fingerprint density at radius 3 is 2.05 bits per heavy atom. The molecule has 0 aliphatic carbocycles. The van der Waals surface area contributed by atoms with Crippen molar-refractivity contribution in [3.63, 3.8) is 0 Å². The third-order valence-electron chi connectivity index (χ3n) is 4.18. The van der Waals surface area contributed by atoms with E-state index in [2.05, 4.69) is 4.90 Å². The summed E-state index contributed by atoms with van der Waals surface area (Å²) in [5, 5.41) is 0. The quantitative estimate of drug-likeness (QED) is 0.480. The standard InChI is InChI=1S/C14H29NO4Si/c1-16-20(17-2)12-4-3-9-15(13-7-5-10-18-13)14-8-6-11-19-14/h13-14,20H,3-12H2,1-2H3. The zero-order valence-corrected chi connectivity index (χ0v) is 14.0. The largest absolute Gasteiger partial charge is 0.400 e. The lowest BCUT2D eigenvalue weighted by Crippen LogP contribution is -2.43. The second-order valence-electron chi connectivity index (χ2n) is 5.57. The number of unbranched alkanes of at least 4 members (excludes halogenated alkanes) is 1. The Kier molecular flexibility index (Phi) is 7.47. The molecule has 0 radical (unpaired) electrons. The maximum Gasteiger partial charge on any atom is 0.320 e. The van der Waals surface area contributed by atoms with E-state index >= 15 is 0 Å². The van der Waals surface area contributed by atoms with Gasteiger partial charge in [-0.05, 0) is 38.1 Å². The highest BCUT2D eigenvalue weighted by molar-refractivity contribution is 6.44. The third-order valence-corrected chi connectivity index (χ3v) is 6.11. The zero-order chi connectivity index (χ0) is 14.2. The number of hydrogen-bond donors (Lipinski definition) is 0. The van der Waals surface area contributed by atoms with E-state index in [9.17, 15) is 0 Å². The Labute approximate surface area is 124 Å². The maximum absolute atomic E-state index is 5.85. The molecule has 118 valence electrons. The van der Waals surface area contributed by atoms with E-state index in [0.29, 0.717) is 0 Å². The SMILES string of the molecule is CO[SiH](CCCCN(C1CCCO1)C1CCCO1)OC. The summed E-state index contributed by atoms with van der Waals surface area (Å²) in [5.74, 6) is 0. The zero-order valence-electron chi connectivity index (χ0n) is 12.9. The van der Waals surface area contributed by atoms with Gasteiger partial charge >= 0.3 is 9.28 Å². The first-order valence-electron chi connectivity index (χ1n) is 7.89. The minimum Gasteiger partial charge on any atom is -0.400 e. The van der Waals surface area contributed by atoms with Gasteiger partial charge in [-0.25, -0.2) is 0 Å². The van der Waals surface area contributed by atoms with Gasteiger partial charge in [-0.3, -0.25) is 4.90 Å². The van der Waals surface area contributed by atoms with E-state index in [1.807, 2.05) is 0 Å².